The Morgan fingerprint density at radius 3 is 2.69 bits per heavy atom. The molecule has 2 aromatic heterocycles. The topological polar surface area (TPSA) is 73.0 Å². The summed E-state index contributed by atoms with van der Waals surface area (Å²) in [7, 11) is 0. The number of carbonyl (C=O) groups excluding carboxylic acids is 1. The molecule has 3 heterocycles. The third-order valence-electron chi connectivity index (χ3n) is 5.21. The second-order valence-corrected chi connectivity index (χ2v) is 7.45. The van der Waals surface area contributed by atoms with E-state index in [-0.39, 0.29) is 29.9 Å². The van der Waals surface area contributed by atoms with Crippen molar-refractivity contribution >= 4 is 11.6 Å². The molecule has 1 aliphatic rings. The molecule has 0 bridgehead atoms. The summed E-state index contributed by atoms with van der Waals surface area (Å²) in [5.74, 6) is -0.108. The first kappa shape index (κ1) is 19.0. The number of carbonyl (C=O) groups is 1. The molecule has 1 amide bonds. The Morgan fingerprint density at radius 2 is 1.97 bits per heavy atom. The zero-order valence-corrected chi connectivity index (χ0v) is 16.6. The van der Waals surface area contributed by atoms with Crippen molar-refractivity contribution in [1.82, 2.24) is 19.6 Å². The summed E-state index contributed by atoms with van der Waals surface area (Å²) in [6.45, 7) is 5.52. The highest BCUT2D eigenvalue weighted by Crippen LogP contribution is 2.31. The number of nitrogens with zero attached hydrogens (tertiary/aromatic N) is 5. The molecule has 0 saturated carbocycles. The number of anilines is 1. The van der Waals surface area contributed by atoms with Gasteiger partial charge < -0.3 is 4.90 Å². The predicted molar refractivity (Wildman–Crippen MR) is 107 cm³/mol. The van der Waals surface area contributed by atoms with Gasteiger partial charge in [-0.2, -0.15) is 5.10 Å². The number of hydrogen-bond donors (Lipinski definition) is 0. The standard InChI is InChI=1S/C21H22FN5O2/c1-13-10-15(3)27(23-13)19-8-9-20(28)25(24-19)12-21(29)26-14(2)4-5-16-11-17(22)6-7-18(16)26/h6-11,14H,4-5,12H2,1-3H3. The Balaban J connectivity index is 1.66. The molecule has 0 saturated heterocycles. The monoisotopic (exact) mass is 395 g/mol. The van der Waals surface area contributed by atoms with Crippen LogP contribution in [0.2, 0.25) is 0 Å². The Labute approximate surface area is 167 Å². The largest absolute Gasteiger partial charge is 0.308 e. The van der Waals surface area contributed by atoms with Crippen LogP contribution in [0, 0.1) is 19.7 Å². The van der Waals surface area contributed by atoms with Gasteiger partial charge in [0.05, 0.1) is 5.69 Å². The fourth-order valence-corrected chi connectivity index (χ4v) is 3.83. The third kappa shape index (κ3) is 3.57. The van der Waals surface area contributed by atoms with Crippen molar-refractivity contribution in [2.24, 2.45) is 0 Å². The van der Waals surface area contributed by atoms with Gasteiger partial charge in [-0.05, 0) is 69.5 Å². The molecule has 1 atom stereocenters. The van der Waals surface area contributed by atoms with Crippen LogP contribution >= 0.6 is 0 Å². The molecule has 7 nitrogen and oxygen atoms in total. The minimum atomic E-state index is -0.368. The molecular weight excluding hydrogens is 373 g/mol. The van der Waals surface area contributed by atoms with Crippen LogP contribution in [0.4, 0.5) is 10.1 Å². The lowest BCUT2D eigenvalue weighted by atomic mass is 9.96. The highest BCUT2D eigenvalue weighted by molar-refractivity contribution is 5.95. The average Bonchev–Trinajstić information content (AvgIpc) is 3.01. The highest BCUT2D eigenvalue weighted by atomic mass is 19.1. The first-order valence-electron chi connectivity index (χ1n) is 9.56. The molecule has 3 aromatic rings. The number of aromatic nitrogens is 4. The smallest absolute Gasteiger partial charge is 0.267 e. The van der Waals surface area contributed by atoms with Crippen molar-refractivity contribution in [1.29, 1.82) is 0 Å². The zero-order chi connectivity index (χ0) is 20.7. The summed E-state index contributed by atoms with van der Waals surface area (Å²) in [5, 5.41) is 8.72. The van der Waals surface area contributed by atoms with Gasteiger partial charge in [0.25, 0.3) is 5.56 Å². The maximum atomic E-state index is 13.6. The number of hydrogen-bond acceptors (Lipinski definition) is 4. The van der Waals surface area contributed by atoms with E-state index in [1.807, 2.05) is 26.8 Å². The number of rotatable bonds is 3. The molecule has 0 spiro atoms. The summed E-state index contributed by atoms with van der Waals surface area (Å²) >= 11 is 0. The van der Waals surface area contributed by atoms with Crippen LogP contribution < -0.4 is 10.5 Å². The Bertz CT molecular complexity index is 1150. The number of halogens is 1. The van der Waals surface area contributed by atoms with E-state index in [9.17, 15) is 14.0 Å². The number of aryl methyl sites for hydroxylation is 3. The van der Waals surface area contributed by atoms with E-state index >= 15 is 0 Å². The quantitative estimate of drug-likeness (QED) is 0.683. The lowest BCUT2D eigenvalue weighted by molar-refractivity contribution is -0.120. The third-order valence-corrected chi connectivity index (χ3v) is 5.21. The van der Waals surface area contributed by atoms with E-state index in [4.69, 9.17) is 0 Å². The molecule has 1 aliphatic heterocycles. The van der Waals surface area contributed by atoms with Gasteiger partial charge in [0.1, 0.15) is 12.4 Å². The van der Waals surface area contributed by atoms with E-state index < -0.39 is 0 Å². The maximum absolute atomic E-state index is 13.6. The zero-order valence-electron chi connectivity index (χ0n) is 16.6. The first-order chi connectivity index (χ1) is 13.8. The van der Waals surface area contributed by atoms with Crippen molar-refractivity contribution in [3.63, 3.8) is 0 Å². The van der Waals surface area contributed by atoms with Gasteiger partial charge >= 0.3 is 0 Å². The Morgan fingerprint density at radius 1 is 1.17 bits per heavy atom. The molecule has 4 rings (SSSR count). The minimum absolute atomic E-state index is 0.0460. The van der Waals surface area contributed by atoms with E-state index in [1.165, 1.54) is 18.2 Å². The number of benzene rings is 1. The Hall–Kier alpha value is -3.29. The van der Waals surface area contributed by atoms with Gasteiger partial charge in [-0.15, -0.1) is 5.10 Å². The van der Waals surface area contributed by atoms with Crippen LogP contribution in [0.25, 0.3) is 5.82 Å². The van der Waals surface area contributed by atoms with Gasteiger partial charge in [-0.25, -0.2) is 13.8 Å². The van der Waals surface area contributed by atoms with E-state index in [0.717, 1.165) is 28.1 Å². The summed E-state index contributed by atoms with van der Waals surface area (Å²) in [6.07, 6.45) is 1.44. The summed E-state index contributed by atoms with van der Waals surface area (Å²) in [6, 6.07) is 9.28. The second-order valence-electron chi connectivity index (χ2n) is 7.45. The van der Waals surface area contributed by atoms with Crippen LogP contribution in [-0.4, -0.2) is 31.5 Å². The van der Waals surface area contributed by atoms with Gasteiger partial charge in [0.2, 0.25) is 5.91 Å². The molecule has 29 heavy (non-hydrogen) atoms. The number of fused-ring (bicyclic) bond motifs is 1. The van der Waals surface area contributed by atoms with Crippen LogP contribution in [0.15, 0.2) is 41.2 Å². The second kappa shape index (κ2) is 7.27. The van der Waals surface area contributed by atoms with Crippen LogP contribution in [0.1, 0.15) is 30.3 Å². The maximum Gasteiger partial charge on any atom is 0.267 e. The predicted octanol–water partition coefficient (Wildman–Crippen LogP) is 2.55. The molecule has 150 valence electrons. The summed E-state index contributed by atoms with van der Waals surface area (Å²) in [5.41, 5.74) is 2.84. The molecule has 8 heteroatoms. The highest BCUT2D eigenvalue weighted by Gasteiger charge is 2.29. The van der Waals surface area contributed by atoms with Crippen LogP contribution in [0.5, 0.6) is 0 Å². The van der Waals surface area contributed by atoms with Gasteiger partial charge in [-0.3, -0.25) is 9.59 Å². The van der Waals surface area contributed by atoms with Crippen LogP contribution in [-0.2, 0) is 17.8 Å². The lowest BCUT2D eigenvalue weighted by Crippen LogP contribution is -2.45. The van der Waals surface area contributed by atoms with Crippen LogP contribution in [0.3, 0.4) is 0 Å². The van der Waals surface area contributed by atoms with Crippen molar-refractivity contribution in [3.05, 3.63) is 69.5 Å². The van der Waals surface area contributed by atoms with E-state index in [2.05, 4.69) is 10.2 Å². The van der Waals surface area contributed by atoms with Crippen molar-refractivity contribution < 1.29 is 9.18 Å². The molecule has 0 N–H and O–H groups in total. The SMILES string of the molecule is Cc1cc(C)n(-c2ccc(=O)n(CC(=O)N3c4ccc(F)cc4CCC3C)n2)n1. The Kier molecular flexibility index (Phi) is 4.77. The molecule has 0 radical (unpaired) electrons. The summed E-state index contributed by atoms with van der Waals surface area (Å²) in [4.78, 5) is 27.1. The molecule has 0 aliphatic carbocycles. The van der Waals surface area contributed by atoms with Gasteiger partial charge in [-0.1, -0.05) is 0 Å². The number of amides is 1. The van der Waals surface area contributed by atoms with Crippen molar-refractivity contribution in [2.75, 3.05) is 4.90 Å². The van der Waals surface area contributed by atoms with E-state index in [1.54, 1.807) is 21.7 Å². The lowest BCUT2D eigenvalue weighted by Gasteiger charge is -2.35. The van der Waals surface area contributed by atoms with Gasteiger partial charge in [0.15, 0.2) is 5.82 Å². The normalized spacial score (nSPS) is 16.0. The average molecular weight is 395 g/mol. The molecule has 1 aromatic carbocycles. The van der Waals surface area contributed by atoms with Gasteiger partial charge in [0, 0.05) is 23.5 Å². The minimum Gasteiger partial charge on any atom is -0.308 e. The van der Waals surface area contributed by atoms with Crippen molar-refractivity contribution in [3.8, 4) is 5.82 Å². The molecule has 1 unspecified atom stereocenters. The molecular formula is C21H22FN5O2. The fraction of sp³-hybridized carbons (Fsp3) is 0.333. The molecule has 0 fully saturated rings. The summed E-state index contributed by atoms with van der Waals surface area (Å²) < 4.78 is 16.4. The first-order valence-corrected chi connectivity index (χ1v) is 9.56. The van der Waals surface area contributed by atoms with E-state index in [0.29, 0.717) is 17.9 Å². The van der Waals surface area contributed by atoms with Crippen molar-refractivity contribution in [2.45, 2.75) is 46.2 Å². The fourth-order valence-electron chi connectivity index (χ4n) is 3.83.